The largest absolute Gasteiger partial charge is 0.492 e. The van der Waals surface area contributed by atoms with Gasteiger partial charge < -0.3 is 9.64 Å². The molecule has 0 aliphatic heterocycles. The molecule has 0 bridgehead atoms. The minimum atomic E-state index is -0.290. The molecule has 3 nitrogen and oxygen atoms in total. The van der Waals surface area contributed by atoms with Crippen molar-refractivity contribution in [3.8, 4) is 16.9 Å². The van der Waals surface area contributed by atoms with Gasteiger partial charge in [0.25, 0.3) is 0 Å². The van der Waals surface area contributed by atoms with Gasteiger partial charge in [0.1, 0.15) is 18.2 Å². The van der Waals surface area contributed by atoms with Crippen LogP contribution in [0.4, 0.5) is 4.39 Å². The van der Waals surface area contributed by atoms with Gasteiger partial charge in [-0.1, -0.05) is 42.5 Å². The predicted octanol–water partition coefficient (Wildman–Crippen LogP) is 4.86. The number of benzene rings is 3. The van der Waals surface area contributed by atoms with Crippen LogP contribution >= 0.6 is 0 Å². The van der Waals surface area contributed by atoms with Crippen LogP contribution in [0, 0.1) is 5.82 Å². The Hall–Kier alpha value is -2.98. The number of hydrogen-bond donors (Lipinski definition) is 0. The number of ether oxygens (including phenoxy) is 1. The summed E-state index contributed by atoms with van der Waals surface area (Å²) in [4.78, 5) is 14.8. The first-order chi connectivity index (χ1) is 13.5. The SMILES string of the molecule is CN(C)CCOc1ccc(C(=O)Cc2ccccc2-c2ccccc2F)cc1. The van der Waals surface area contributed by atoms with E-state index < -0.39 is 0 Å². The van der Waals surface area contributed by atoms with Crippen molar-refractivity contribution < 1.29 is 13.9 Å². The summed E-state index contributed by atoms with van der Waals surface area (Å²) in [5, 5.41) is 0. The summed E-state index contributed by atoms with van der Waals surface area (Å²) < 4.78 is 19.9. The first-order valence-corrected chi connectivity index (χ1v) is 9.28. The molecule has 0 spiro atoms. The Bertz CT molecular complexity index is 935. The summed E-state index contributed by atoms with van der Waals surface area (Å²) in [7, 11) is 3.98. The molecule has 0 N–H and O–H groups in total. The zero-order valence-electron chi connectivity index (χ0n) is 16.2. The molecule has 3 aromatic rings. The molecule has 0 unspecified atom stereocenters. The number of nitrogens with zero attached hydrogens (tertiary/aromatic N) is 1. The van der Waals surface area contributed by atoms with Gasteiger partial charge in [0, 0.05) is 24.1 Å². The smallest absolute Gasteiger partial charge is 0.167 e. The van der Waals surface area contributed by atoms with Crippen molar-refractivity contribution >= 4 is 5.78 Å². The number of Topliss-reactive ketones (excluding diaryl/α,β-unsaturated/α-hetero) is 1. The molecule has 0 aliphatic rings. The van der Waals surface area contributed by atoms with Gasteiger partial charge in [-0.3, -0.25) is 4.79 Å². The van der Waals surface area contributed by atoms with Gasteiger partial charge in [-0.2, -0.15) is 0 Å². The van der Waals surface area contributed by atoms with Gasteiger partial charge in [-0.15, -0.1) is 0 Å². The summed E-state index contributed by atoms with van der Waals surface area (Å²) in [5.74, 6) is 0.440. The quantitative estimate of drug-likeness (QED) is 0.525. The highest BCUT2D eigenvalue weighted by atomic mass is 19.1. The maximum absolute atomic E-state index is 14.2. The van der Waals surface area contributed by atoms with Crippen LogP contribution in [0.3, 0.4) is 0 Å². The highest BCUT2D eigenvalue weighted by molar-refractivity contribution is 5.98. The van der Waals surface area contributed by atoms with Gasteiger partial charge >= 0.3 is 0 Å². The highest BCUT2D eigenvalue weighted by Gasteiger charge is 2.13. The van der Waals surface area contributed by atoms with Crippen LogP contribution in [0.15, 0.2) is 72.8 Å². The molecule has 0 atom stereocenters. The number of carbonyl (C=O) groups is 1. The average Bonchev–Trinajstić information content (AvgIpc) is 2.69. The second kappa shape index (κ2) is 9.29. The van der Waals surface area contributed by atoms with Gasteiger partial charge in [0.15, 0.2) is 5.78 Å². The van der Waals surface area contributed by atoms with E-state index in [0.29, 0.717) is 17.7 Å². The molecular formula is C24H24FNO2. The van der Waals surface area contributed by atoms with Crippen molar-refractivity contribution in [2.24, 2.45) is 0 Å². The molecule has 28 heavy (non-hydrogen) atoms. The Morgan fingerprint density at radius 2 is 1.54 bits per heavy atom. The predicted molar refractivity (Wildman–Crippen MR) is 110 cm³/mol. The van der Waals surface area contributed by atoms with E-state index in [-0.39, 0.29) is 18.0 Å². The number of rotatable bonds is 8. The fourth-order valence-electron chi connectivity index (χ4n) is 2.98. The van der Waals surface area contributed by atoms with E-state index in [1.807, 2.05) is 55.4 Å². The topological polar surface area (TPSA) is 29.5 Å². The number of ketones is 1. The molecule has 144 valence electrons. The van der Waals surface area contributed by atoms with Crippen molar-refractivity contribution in [3.05, 3.63) is 89.7 Å². The summed E-state index contributed by atoms with van der Waals surface area (Å²) in [5.41, 5.74) is 2.68. The molecule has 0 fully saturated rings. The molecule has 0 radical (unpaired) electrons. The lowest BCUT2D eigenvalue weighted by Gasteiger charge is -2.12. The van der Waals surface area contributed by atoms with E-state index in [1.54, 1.807) is 30.3 Å². The zero-order chi connectivity index (χ0) is 19.9. The second-order valence-corrected chi connectivity index (χ2v) is 6.91. The number of hydrogen-bond acceptors (Lipinski definition) is 3. The summed E-state index contributed by atoms with van der Waals surface area (Å²) in [6, 6.07) is 21.3. The minimum absolute atomic E-state index is 0.0105. The van der Waals surface area contributed by atoms with E-state index in [2.05, 4.69) is 0 Å². The normalized spacial score (nSPS) is 10.9. The number of likely N-dealkylation sites (N-methyl/N-ethyl adjacent to an activating group) is 1. The van der Waals surface area contributed by atoms with Crippen LogP contribution in [0.5, 0.6) is 5.75 Å². The first kappa shape index (κ1) is 19.8. The summed E-state index contributed by atoms with van der Waals surface area (Å²) >= 11 is 0. The highest BCUT2D eigenvalue weighted by Crippen LogP contribution is 2.27. The molecule has 0 amide bonds. The summed E-state index contributed by atoms with van der Waals surface area (Å²) in [6.45, 7) is 1.42. The van der Waals surface area contributed by atoms with Gasteiger partial charge in [0.05, 0.1) is 0 Å². The molecular weight excluding hydrogens is 353 g/mol. The fourth-order valence-corrected chi connectivity index (χ4v) is 2.98. The standard InChI is InChI=1S/C24H24FNO2/c1-26(2)15-16-28-20-13-11-18(12-14-20)24(27)17-19-7-3-4-8-21(19)22-9-5-6-10-23(22)25/h3-14H,15-17H2,1-2H3. The number of halogens is 1. The Balaban J connectivity index is 1.73. The molecule has 0 aromatic heterocycles. The lowest BCUT2D eigenvalue weighted by Crippen LogP contribution is -2.19. The third-order valence-electron chi connectivity index (χ3n) is 4.52. The van der Waals surface area contributed by atoms with E-state index >= 15 is 0 Å². The second-order valence-electron chi connectivity index (χ2n) is 6.91. The Labute approximate surface area is 165 Å². The molecule has 0 saturated carbocycles. The summed E-state index contributed by atoms with van der Waals surface area (Å²) in [6.07, 6.45) is 0.214. The lowest BCUT2D eigenvalue weighted by molar-refractivity contribution is 0.0993. The van der Waals surface area contributed by atoms with E-state index in [4.69, 9.17) is 4.74 Å². The van der Waals surface area contributed by atoms with Crippen LogP contribution in [0.1, 0.15) is 15.9 Å². The van der Waals surface area contributed by atoms with Gasteiger partial charge in [-0.25, -0.2) is 4.39 Å². The van der Waals surface area contributed by atoms with Crippen molar-refractivity contribution in [1.29, 1.82) is 0 Å². The van der Waals surface area contributed by atoms with E-state index in [0.717, 1.165) is 23.4 Å². The molecule has 4 heteroatoms. The third kappa shape index (κ3) is 5.05. The van der Waals surface area contributed by atoms with Crippen LogP contribution < -0.4 is 4.74 Å². The Morgan fingerprint density at radius 1 is 0.893 bits per heavy atom. The van der Waals surface area contributed by atoms with Crippen molar-refractivity contribution in [2.45, 2.75) is 6.42 Å². The van der Waals surface area contributed by atoms with E-state index in [1.165, 1.54) is 6.07 Å². The molecule has 0 saturated heterocycles. The molecule has 0 aliphatic carbocycles. The van der Waals surface area contributed by atoms with Crippen LogP contribution in [-0.4, -0.2) is 37.9 Å². The maximum Gasteiger partial charge on any atom is 0.167 e. The number of carbonyl (C=O) groups excluding carboxylic acids is 1. The van der Waals surface area contributed by atoms with Crippen LogP contribution in [0.25, 0.3) is 11.1 Å². The zero-order valence-corrected chi connectivity index (χ0v) is 16.2. The molecule has 3 rings (SSSR count). The van der Waals surface area contributed by atoms with E-state index in [9.17, 15) is 9.18 Å². The van der Waals surface area contributed by atoms with Crippen molar-refractivity contribution in [3.63, 3.8) is 0 Å². The van der Waals surface area contributed by atoms with Crippen molar-refractivity contribution in [2.75, 3.05) is 27.2 Å². The molecule has 0 heterocycles. The Morgan fingerprint density at radius 3 is 2.21 bits per heavy atom. The minimum Gasteiger partial charge on any atom is -0.492 e. The third-order valence-corrected chi connectivity index (χ3v) is 4.52. The average molecular weight is 377 g/mol. The molecule has 3 aromatic carbocycles. The van der Waals surface area contributed by atoms with Crippen LogP contribution in [-0.2, 0) is 6.42 Å². The monoisotopic (exact) mass is 377 g/mol. The van der Waals surface area contributed by atoms with Gasteiger partial charge in [0.2, 0.25) is 0 Å². The maximum atomic E-state index is 14.2. The Kier molecular flexibility index (Phi) is 6.56. The fraction of sp³-hybridized carbons (Fsp3) is 0.208. The van der Waals surface area contributed by atoms with Crippen LogP contribution in [0.2, 0.25) is 0 Å². The first-order valence-electron chi connectivity index (χ1n) is 9.28. The lowest BCUT2D eigenvalue weighted by atomic mass is 9.94. The van der Waals surface area contributed by atoms with Crippen molar-refractivity contribution in [1.82, 2.24) is 4.90 Å². The van der Waals surface area contributed by atoms with Gasteiger partial charge in [-0.05, 0) is 55.6 Å².